The van der Waals surface area contributed by atoms with Gasteiger partial charge in [-0.1, -0.05) is 37.6 Å². The molecule has 0 N–H and O–H groups in total. The van der Waals surface area contributed by atoms with Crippen molar-refractivity contribution in [3.63, 3.8) is 0 Å². The van der Waals surface area contributed by atoms with Crippen LogP contribution in [0.2, 0.25) is 0 Å². The average Bonchev–Trinajstić information content (AvgIpc) is 2.24. The van der Waals surface area contributed by atoms with Crippen molar-refractivity contribution < 1.29 is 9.53 Å². The molecule has 0 saturated heterocycles. The lowest BCUT2D eigenvalue weighted by Gasteiger charge is -2.20. The number of hydrogen-bond donors (Lipinski definition) is 0. The van der Waals surface area contributed by atoms with Crippen LogP contribution in [0, 0.1) is 19.8 Å². The normalized spacial score (nSPS) is 12.8. The van der Waals surface area contributed by atoms with Crippen LogP contribution in [0.1, 0.15) is 42.3 Å². The van der Waals surface area contributed by atoms with Crippen molar-refractivity contribution in [1.29, 1.82) is 0 Å². The molecule has 0 aliphatic heterocycles. The van der Waals surface area contributed by atoms with Gasteiger partial charge >= 0.3 is 0 Å². The summed E-state index contributed by atoms with van der Waals surface area (Å²) in [5.41, 5.74) is 2.99. The predicted molar refractivity (Wildman–Crippen MR) is 70.5 cm³/mol. The van der Waals surface area contributed by atoms with Gasteiger partial charge in [0.1, 0.15) is 6.10 Å². The van der Waals surface area contributed by atoms with Crippen molar-refractivity contribution in [3.8, 4) is 0 Å². The van der Waals surface area contributed by atoms with Gasteiger partial charge in [0.25, 0.3) is 0 Å². The topological polar surface area (TPSA) is 26.3 Å². The average molecular weight is 234 g/mol. The van der Waals surface area contributed by atoms with E-state index in [4.69, 9.17) is 4.74 Å². The SMILES string of the molecule is CCOC(C(=O)c1ccc(C)cc1C)C(C)C. The van der Waals surface area contributed by atoms with Gasteiger partial charge in [-0.05, 0) is 32.3 Å². The van der Waals surface area contributed by atoms with Gasteiger partial charge in [-0.2, -0.15) is 0 Å². The molecule has 1 aromatic carbocycles. The lowest BCUT2D eigenvalue weighted by molar-refractivity contribution is 0.0279. The maximum Gasteiger partial charge on any atom is 0.192 e. The van der Waals surface area contributed by atoms with Crippen LogP contribution in [-0.2, 0) is 4.74 Å². The highest BCUT2D eigenvalue weighted by Gasteiger charge is 2.24. The summed E-state index contributed by atoms with van der Waals surface area (Å²) in [5, 5.41) is 0. The molecule has 94 valence electrons. The summed E-state index contributed by atoms with van der Waals surface area (Å²) in [5.74, 6) is 0.294. The molecule has 0 amide bonds. The highest BCUT2D eigenvalue weighted by Crippen LogP contribution is 2.18. The van der Waals surface area contributed by atoms with E-state index < -0.39 is 0 Å². The van der Waals surface area contributed by atoms with E-state index in [-0.39, 0.29) is 17.8 Å². The van der Waals surface area contributed by atoms with E-state index in [0.29, 0.717) is 6.61 Å². The third-order valence-corrected chi connectivity index (χ3v) is 2.86. The summed E-state index contributed by atoms with van der Waals surface area (Å²) in [4.78, 5) is 12.4. The molecule has 0 aliphatic rings. The Balaban J connectivity index is 3.01. The molecule has 0 spiro atoms. The highest BCUT2D eigenvalue weighted by atomic mass is 16.5. The largest absolute Gasteiger partial charge is 0.370 e. The molecule has 1 atom stereocenters. The van der Waals surface area contributed by atoms with Crippen LogP contribution >= 0.6 is 0 Å². The number of ketones is 1. The minimum absolute atomic E-state index is 0.0966. The Morgan fingerprint density at radius 2 is 1.94 bits per heavy atom. The van der Waals surface area contributed by atoms with Crippen LogP contribution in [0.25, 0.3) is 0 Å². The number of aryl methyl sites for hydroxylation is 2. The Morgan fingerprint density at radius 1 is 1.29 bits per heavy atom. The Morgan fingerprint density at radius 3 is 2.41 bits per heavy atom. The molecule has 0 heterocycles. The third-order valence-electron chi connectivity index (χ3n) is 2.86. The molecule has 2 nitrogen and oxygen atoms in total. The van der Waals surface area contributed by atoms with Crippen molar-refractivity contribution >= 4 is 5.78 Å². The van der Waals surface area contributed by atoms with Crippen molar-refractivity contribution in [2.24, 2.45) is 5.92 Å². The van der Waals surface area contributed by atoms with Gasteiger partial charge in [-0.15, -0.1) is 0 Å². The quantitative estimate of drug-likeness (QED) is 0.728. The molecule has 1 rings (SSSR count). The molecule has 0 fully saturated rings. The molecule has 0 bridgehead atoms. The van der Waals surface area contributed by atoms with Crippen LogP contribution in [-0.4, -0.2) is 18.5 Å². The van der Waals surface area contributed by atoms with Gasteiger partial charge in [0, 0.05) is 12.2 Å². The van der Waals surface area contributed by atoms with Crippen LogP contribution in [0.15, 0.2) is 18.2 Å². The molecule has 1 unspecified atom stereocenters. The first-order valence-corrected chi connectivity index (χ1v) is 6.20. The van der Waals surface area contributed by atoms with Gasteiger partial charge in [0.2, 0.25) is 0 Å². The highest BCUT2D eigenvalue weighted by molar-refractivity contribution is 6.00. The number of carbonyl (C=O) groups is 1. The Kier molecular flexibility index (Phi) is 4.88. The molecular formula is C15H22O2. The molecule has 0 aromatic heterocycles. The second-order valence-corrected chi connectivity index (χ2v) is 4.80. The zero-order valence-electron chi connectivity index (χ0n) is 11.4. The lowest BCUT2D eigenvalue weighted by atomic mass is 9.94. The maximum atomic E-state index is 12.4. The summed E-state index contributed by atoms with van der Waals surface area (Å²) in [6, 6.07) is 5.92. The van der Waals surface area contributed by atoms with Crippen LogP contribution in [0.3, 0.4) is 0 Å². The molecule has 17 heavy (non-hydrogen) atoms. The number of Topliss-reactive ketones (excluding diaryl/α,β-unsaturated/α-hetero) is 1. The van der Waals surface area contributed by atoms with Crippen molar-refractivity contribution in [2.45, 2.75) is 40.7 Å². The van der Waals surface area contributed by atoms with Crippen LogP contribution < -0.4 is 0 Å². The van der Waals surface area contributed by atoms with Gasteiger partial charge in [-0.25, -0.2) is 0 Å². The molecule has 0 saturated carbocycles. The Labute approximate surface area is 104 Å². The van der Waals surface area contributed by atoms with Gasteiger partial charge in [0.05, 0.1) is 0 Å². The van der Waals surface area contributed by atoms with Gasteiger partial charge in [-0.3, -0.25) is 4.79 Å². The fourth-order valence-electron chi connectivity index (χ4n) is 1.99. The van der Waals surface area contributed by atoms with E-state index in [1.807, 2.05) is 52.8 Å². The fourth-order valence-corrected chi connectivity index (χ4v) is 1.99. The monoisotopic (exact) mass is 234 g/mol. The van der Waals surface area contributed by atoms with E-state index in [2.05, 4.69) is 0 Å². The zero-order valence-corrected chi connectivity index (χ0v) is 11.4. The molecule has 0 aliphatic carbocycles. The van der Waals surface area contributed by atoms with E-state index in [9.17, 15) is 4.79 Å². The molecule has 0 radical (unpaired) electrons. The molecule has 2 heteroatoms. The maximum absolute atomic E-state index is 12.4. The lowest BCUT2D eigenvalue weighted by Crippen LogP contribution is -2.30. The van der Waals surface area contributed by atoms with E-state index in [1.54, 1.807) is 0 Å². The summed E-state index contributed by atoms with van der Waals surface area (Å²) in [7, 11) is 0. The van der Waals surface area contributed by atoms with Crippen molar-refractivity contribution in [1.82, 2.24) is 0 Å². The number of hydrogen-bond acceptors (Lipinski definition) is 2. The first-order valence-electron chi connectivity index (χ1n) is 6.20. The summed E-state index contributed by atoms with van der Waals surface area (Å²) < 4.78 is 5.56. The number of carbonyl (C=O) groups excluding carboxylic acids is 1. The summed E-state index contributed by atoms with van der Waals surface area (Å²) in [6.45, 7) is 10.5. The van der Waals surface area contributed by atoms with Crippen molar-refractivity contribution in [2.75, 3.05) is 6.61 Å². The van der Waals surface area contributed by atoms with Crippen LogP contribution in [0.5, 0.6) is 0 Å². The number of rotatable bonds is 5. The van der Waals surface area contributed by atoms with Crippen molar-refractivity contribution in [3.05, 3.63) is 34.9 Å². The first-order chi connectivity index (χ1) is 7.97. The second-order valence-electron chi connectivity index (χ2n) is 4.80. The molecular weight excluding hydrogens is 212 g/mol. The summed E-state index contributed by atoms with van der Waals surface area (Å²) in [6.07, 6.45) is -0.332. The second kappa shape index (κ2) is 5.97. The zero-order chi connectivity index (χ0) is 13.0. The van der Waals surface area contributed by atoms with Gasteiger partial charge < -0.3 is 4.74 Å². The Hall–Kier alpha value is -1.15. The van der Waals surface area contributed by atoms with E-state index >= 15 is 0 Å². The fraction of sp³-hybridized carbons (Fsp3) is 0.533. The van der Waals surface area contributed by atoms with Crippen LogP contribution in [0.4, 0.5) is 0 Å². The predicted octanol–water partition coefficient (Wildman–Crippen LogP) is 3.55. The minimum Gasteiger partial charge on any atom is -0.370 e. The number of ether oxygens (including phenoxy) is 1. The Bertz CT molecular complexity index is 394. The van der Waals surface area contributed by atoms with E-state index in [0.717, 1.165) is 11.1 Å². The number of benzene rings is 1. The van der Waals surface area contributed by atoms with E-state index in [1.165, 1.54) is 5.56 Å². The third kappa shape index (κ3) is 3.40. The summed E-state index contributed by atoms with van der Waals surface area (Å²) >= 11 is 0. The van der Waals surface area contributed by atoms with Gasteiger partial charge in [0.15, 0.2) is 5.78 Å². The standard InChI is InChI=1S/C15H22O2/c1-6-17-15(10(2)3)14(16)13-8-7-11(4)9-12(13)5/h7-10,15H,6H2,1-5H3. The first kappa shape index (κ1) is 13.9. The molecule has 1 aromatic rings. The smallest absolute Gasteiger partial charge is 0.192 e. The minimum atomic E-state index is -0.332.